The van der Waals surface area contributed by atoms with E-state index in [-0.39, 0.29) is 16.8 Å². The molecule has 1 atom stereocenters. The van der Waals surface area contributed by atoms with Gasteiger partial charge < -0.3 is 5.32 Å². The van der Waals surface area contributed by atoms with Crippen LogP contribution >= 0.6 is 0 Å². The van der Waals surface area contributed by atoms with Gasteiger partial charge in [-0.05, 0) is 44.0 Å². The number of Topliss-reactive ketones (excluding diaryl/α,β-unsaturated/α-hetero) is 1. The van der Waals surface area contributed by atoms with E-state index in [1.54, 1.807) is 18.2 Å². The van der Waals surface area contributed by atoms with Gasteiger partial charge in [-0.15, -0.1) is 0 Å². The summed E-state index contributed by atoms with van der Waals surface area (Å²) in [5.41, 5.74) is 0.773. The Morgan fingerprint density at radius 1 is 1.33 bits per heavy atom. The first kappa shape index (κ1) is 15.2. The Morgan fingerprint density at radius 2 is 2.10 bits per heavy atom. The maximum Gasteiger partial charge on any atom is 0.170 e. The van der Waals surface area contributed by atoms with Crippen LogP contribution in [-0.4, -0.2) is 18.9 Å². The molecule has 0 aromatic heterocycles. The van der Waals surface area contributed by atoms with Crippen LogP contribution in [0.5, 0.6) is 0 Å². The minimum atomic E-state index is -0.367. The minimum Gasteiger partial charge on any atom is -0.316 e. The zero-order chi connectivity index (χ0) is 15.3. The molecule has 1 aromatic carbocycles. The summed E-state index contributed by atoms with van der Waals surface area (Å²) in [4.78, 5) is 12.9. The van der Waals surface area contributed by atoms with E-state index in [0.717, 1.165) is 32.2 Å². The zero-order valence-corrected chi connectivity index (χ0v) is 12.3. The SMILES string of the molecule is CCCC1(C(=O)c2ccc(C#N)c(C#N)c2)CCCNC1. The zero-order valence-electron chi connectivity index (χ0n) is 12.3. The summed E-state index contributed by atoms with van der Waals surface area (Å²) >= 11 is 0. The van der Waals surface area contributed by atoms with E-state index in [1.807, 2.05) is 12.1 Å². The van der Waals surface area contributed by atoms with Crippen molar-refractivity contribution in [3.8, 4) is 12.1 Å². The van der Waals surface area contributed by atoms with E-state index < -0.39 is 0 Å². The van der Waals surface area contributed by atoms with E-state index in [2.05, 4.69) is 12.2 Å². The first-order valence-corrected chi connectivity index (χ1v) is 7.36. The number of rotatable bonds is 4. The molecule has 1 unspecified atom stereocenters. The molecule has 1 N–H and O–H groups in total. The quantitative estimate of drug-likeness (QED) is 0.861. The summed E-state index contributed by atoms with van der Waals surface area (Å²) in [7, 11) is 0. The number of hydrogen-bond donors (Lipinski definition) is 1. The highest BCUT2D eigenvalue weighted by atomic mass is 16.1. The van der Waals surface area contributed by atoms with Crippen molar-refractivity contribution in [1.82, 2.24) is 5.32 Å². The van der Waals surface area contributed by atoms with Crippen LogP contribution in [0.2, 0.25) is 0 Å². The molecule has 0 radical (unpaired) electrons. The van der Waals surface area contributed by atoms with Gasteiger partial charge in [0.1, 0.15) is 12.1 Å². The fraction of sp³-hybridized carbons (Fsp3) is 0.471. The Bertz CT molecular complexity index is 610. The van der Waals surface area contributed by atoms with E-state index in [9.17, 15) is 4.79 Å². The van der Waals surface area contributed by atoms with Crippen molar-refractivity contribution in [3.63, 3.8) is 0 Å². The molecule has 2 rings (SSSR count). The van der Waals surface area contributed by atoms with Gasteiger partial charge in [0.15, 0.2) is 5.78 Å². The molecular weight excluding hydrogens is 262 g/mol. The number of benzene rings is 1. The van der Waals surface area contributed by atoms with Crippen LogP contribution in [0, 0.1) is 28.1 Å². The van der Waals surface area contributed by atoms with Crippen LogP contribution in [0.25, 0.3) is 0 Å². The van der Waals surface area contributed by atoms with Gasteiger partial charge in [0, 0.05) is 17.5 Å². The molecule has 0 spiro atoms. The smallest absolute Gasteiger partial charge is 0.170 e. The molecule has 4 nitrogen and oxygen atoms in total. The first-order chi connectivity index (χ1) is 10.2. The molecule has 1 fully saturated rings. The van der Waals surface area contributed by atoms with Crippen molar-refractivity contribution >= 4 is 5.78 Å². The Labute approximate surface area is 125 Å². The fourth-order valence-electron chi connectivity index (χ4n) is 3.15. The number of carbonyl (C=O) groups excluding carboxylic acids is 1. The third-order valence-corrected chi connectivity index (χ3v) is 4.21. The van der Waals surface area contributed by atoms with Crippen molar-refractivity contribution in [1.29, 1.82) is 10.5 Å². The molecule has 0 aliphatic carbocycles. The molecule has 1 saturated heterocycles. The summed E-state index contributed by atoms with van der Waals surface area (Å²) in [5.74, 6) is 0.0949. The highest BCUT2D eigenvalue weighted by Gasteiger charge is 2.39. The van der Waals surface area contributed by atoms with E-state index >= 15 is 0 Å². The molecule has 1 aliphatic rings. The van der Waals surface area contributed by atoms with Crippen molar-refractivity contribution in [3.05, 3.63) is 34.9 Å². The minimum absolute atomic E-state index is 0.0949. The molecule has 4 heteroatoms. The molecule has 1 heterocycles. The lowest BCUT2D eigenvalue weighted by atomic mass is 9.71. The molecule has 21 heavy (non-hydrogen) atoms. The monoisotopic (exact) mass is 281 g/mol. The third kappa shape index (κ3) is 2.96. The van der Waals surface area contributed by atoms with Crippen LogP contribution in [-0.2, 0) is 0 Å². The molecule has 1 aromatic rings. The van der Waals surface area contributed by atoms with Gasteiger partial charge in [-0.1, -0.05) is 13.3 Å². The summed E-state index contributed by atoms with van der Waals surface area (Å²) < 4.78 is 0. The Hall–Kier alpha value is -2.17. The van der Waals surface area contributed by atoms with E-state index in [1.165, 1.54) is 0 Å². The van der Waals surface area contributed by atoms with Gasteiger partial charge in [0.2, 0.25) is 0 Å². The van der Waals surface area contributed by atoms with Crippen LogP contribution in [0.15, 0.2) is 18.2 Å². The predicted octanol–water partition coefficient (Wildman–Crippen LogP) is 2.78. The van der Waals surface area contributed by atoms with Crippen LogP contribution in [0.4, 0.5) is 0 Å². The largest absolute Gasteiger partial charge is 0.316 e. The van der Waals surface area contributed by atoms with Gasteiger partial charge in [0.05, 0.1) is 11.1 Å². The first-order valence-electron chi connectivity index (χ1n) is 7.36. The molecule has 0 bridgehead atoms. The molecule has 0 amide bonds. The van der Waals surface area contributed by atoms with Crippen molar-refractivity contribution in [2.45, 2.75) is 32.6 Å². The van der Waals surface area contributed by atoms with Crippen molar-refractivity contribution in [2.75, 3.05) is 13.1 Å². The standard InChI is InChI=1S/C17H19N3O/c1-2-6-17(7-3-8-20-12-17)16(21)13-4-5-14(10-18)15(9-13)11-19/h4-5,9,20H,2-3,6-8,12H2,1H3. The summed E-state index contributed by atoms with van der Waals surface area (Å²) in [5, 5.41) is 21.4. The number of hydrogen-bond acceptors (Lipinski definition) is 4. The topological polar surface area (TPSA) is 76.7 Å². The van der Waals surface area contributed by atoms with Crippen LogP contribution in [0.1, 0.15) is 54.1 Å². The lowest BCUT2D eigenvalue weighted by molar-refractivity contribution is 0.0718. The average Bonchev–Trinajstić information content (AvgIpc) is 2.54. The fourth-order valence-corrected chi connectivity index (χ4v) is 3.15. The lowest BCUT2D eigenvalue weighted by Gasteiger charge is -2.36. The summed E-state index contributed by atoms with van der Waals surface area (Å²) in [6.07, 6.45) is 3.68. The molecule has 1 aliphatic heterocycles. The summed E-state index contributed by atoms with van der Waals surface area (Å²) in [6, 6.07) is 8.79. The summed E-state index contributed by atoms with van der Waals surface area (Å²) in [6.45, 7) is 3.74. The van der Waals surface area contributed by atoms with Crippen LogP contribution in [0.3, 0.4) is 0 Å². The highest BCUT2D eigenvalue weighted by molar-refractivity contribution is 6.01. The Kier molecular flexibility index (Phi) is 4.73. The lowest BCUT2D eigenvalue weighted by Crippen LogP contribution is -2.45. The third-order valence-electron chi connectivity index (χ3n) is 4.21. The Morgan fingerprint density at radius 3 is 2.67 bits per heavy atom. The second-order valence-electron chi connectivity index (χ2n) is 5.62. The number of piperidine rings is 1. The van der Waals surface area contributed by atoms with Gasteiger partial charge in [-0.3, -0.25) is 4.79 Å². The number of nitriles is 2. The second-order valence-corrected chi connectivity index (χ2v) is 5.62. The number of carbonyl (C=O) groups is 1. The van der Waals surface area contributed by atoms with Gasteiger partial charge in [0.25, 0.3) is 0 Å². The van der Waals surface area contributed by atoms with Crippen LogP contribution < -0.4 is 5.32 Å². The van der Waals surface area contributed by atoms with Crippen molar-refractivity contribution in [2.24, 2.45) is 5.41 Å². The predicted molar refractivity (Wildman–Crippen MR) is 79.6 cm³/mol. The van der Waals surface area contributed by atoms with E-state index in [0.29, 0.717) is 17.7 Å². The maximum atomic E-state index is 12.9. The number of ketones is 1. The highest BCUT2D eigenvalue weighted by Crippen LogP contribution is 2.35. The number of nitrogens with zero attached hydrogens (tertiary/aromatic N) is 2. The maximum absolute atomic E-state index is 12.9. The molecule has 108 valence electrons. The second kappa shape index (κ2) is 6.52. The van der Waals surface area contributed by atoms with Gasteiger partial charge >= 0.3 is 0 Å². The average molecular weight is 281 g/mol. The van der Waals surface area contributed by atoms with Crippen molar-refractivity contribution < 1.29 is 4.79 Å². The van der Waals surface area contributed by atoms with Gasteiger partial charge in [-0.25, -0.2) is 0 Å². The number of nitrogens with one attached hydrogen (secondary N) is 1. The molecular formula is C17H19N3O. The normalized spacial score (nSPS) is 21.3. The van der Waals surface area contributed by atoms with E-state index in [4.69, 9.17) is 10.5 Å². The van der Waals surface area contributed by atoms with Gasteiger partial charge in [-0.2, -0.15) is 10.5 Å². The molecule has 0 saturated carbocycles. The Balaban J connectivity index is 2.38.